The van der Waals surface area contributed by atoms with Gasteiger partial charge in [0.1, 0.15) is 5.75 Å². The zero-order chi connectivity index (χ0) is 76.7. The Hall–Kier alpha value is -0.680. The second kappa shape index (κ2) is 41.2. The zero-order valence-corrected chi connectivity index (χ0v) is 80.8. The number of ether oxygens (including phenoxy) is 4. The van der Waals surface area contributed by atoms with Crippen LogP contribution < -0.4 is 20.1 Å². The van der Waals surface area contributed by atoms with E-state index in [9.17, 15) is 5.11 Å². The minimum Gasteiger partial charge on any atom is -0.504 e. The van der Waals surface area contributed by atoms with E-state index in [1.807, 2.05) is 26.2 Å². The van der Waals surface area contributed by atoms with E-state index in [-0.39, 0.29) is 92.5 Å². The predicted octanol–water partition coefficient (Wildman–Crippen LogP) is 26.9. The standard InChI is InChI=1S/C39H53NO2.C20H25N.C19H30O3.C4H12N2.H8P6.H7P5.H3P/c1-36(2,3)25-39(10,11)28-17-20-34(42-35-14-12-13-21-41-35)33(24-28)40-31-18-15-26(37(4,5)6)22-29(31)30-23-27(38(7,8)9)16-19-32(30)40;1-19(2,3)13-7-9-17-15(11-13)16-12-14(20(4,5)6)8-10-18(16)21-17;1-18(2,3)13-19(4,5)14-9-10-16(15(20)12-14)22-17-8-6-7-11-21-17;1-5-3-4-6-2;1-5(2)6(3)4;1-4-5(2)3;/h15-20,22-24,35H,12-14,21,25H2,1-11H3;7-12,21H,1-6H3;9-10,12,17,20H,6-8,11,13H2,1-5H3;5-6H,3-4H2,1-2H3;1-4H2;4H,1-3H2;1H3. The van der Waals surface area contributed by atoms with Crippen molar-refractivity contribution in [3.8, 4) is 22.9 Å². The van der Waals surface area contributed by atoms with Gasteiger partial charge in [-0.1, -0.05) is 197 Å². The van der Waals surface area contributed by atoms with Crippen molar-refractivity contribution < 1.29 is 24.1 Å². The van der Waals surface area contributed by atoms with Gasteiger partial charge in [-0.15, -0.1) is 62.5 Å². The first-order chi connectivity index (χ1) is 47.1. The lowest BCUT2D eigenvalue weighted by Crippen LogP contribution is -2.26. The number of fused-ring (bicyclic) bond motifs is 6. The van der Waals surface area contributed by atoms with Crippen molar-refractivity contribution >= 4 is 145 Å². The number of nitrogens with zero attached hydrogens (tertiary/aromatic N) is 1. The van der Waals surface area contributed by atoms with Gasteiger partial charge in [0, 0.05) is 58.5 Å². The lowest BCUT2D eigenvalue weighted by molar-refractivity contribution is -0.106. The van der Waals surface area contributed by atoms with Crippen LogP contribution in [-0.4, -0.2) is 67.6 Å². The highest BCUT2D eigenvalue weighted by Crippen LogP contribution is 2.86. The van der Waals surface area contributed by atoms with Gasteiger partial charge in [0.15, 0.2) is 24.1 Å². The summed E-state index contributed by atoms with van der Waals surface area (Å²) in [4.78, 5) is 3.54. The lowest BCUT2D eigenvalue weighted by atomic mass is 9.72. The molecule has 576 valence electrons. The molecule has 2 aliphatic rings. The fraction of sp³-hybridized carbons (Fsp3) is 0.561. The second-order valence-electron chi connectivity index (χ2n) is 35.4. The summed E-state index contributed by atoms with van der Waals surface area (Å²) in [5.74, 6) is 1.60. The maximum Gasteiger partial charge on any atom is 0.200 e. The number of phenols is 1. The number of aromatic hydroxyl groups is 1. The van der Waals surface area contributed by atoms with Gasteiger partial charge >= 0.3 is 0 Å². The number of aromatic nitrogens is 2. The zero-order valence-electron chi connectivity index (χ0n) is 67.6. The van der Waals surface area contributed by atoms with Crippen LogP contribution in [0.2, 0.25) is 0 Å². The van der Waals surface area contributed by atoms with Gasteiger partial charge in [0.25, 0.3) is 0 Å². The van der Waals surface area contributed by atoms with Crippen LogP contribution in [0.3, 0.4) is 0 Å². The molecule has 0 amide bonds. The average Bonchev–Trinajstić information content (AvgIpc) is 1.59. The highest BCUT2D eigenvalue weighted by atomic mass is 33.0. The molecular formula is C82H138N4O5P12. The van der Waals surface area contributed by atoms with Gasteiger partial charge in [-0.25, -0.2) is 0 Å². The molecule has 4 heterocycles. The highest BCUT2D eigenvalue weighted by Gasteiger charge is 2.32. The van der Waals surface area contributed by atoms with Crippen molar-refractivity contribution in [1.82, 2.24) is 20.2 Å². The molecule has 21 heteroatoms. The van der Waals surface area contributed by atoms with Crippen molar-refractivity contribution in [3.05, 3.63) is 143 Å². The molecule has 2 aromatic heterocycles. The van der Waals surface area contributed by atoms with Crippen LogP contribution in [0, 0.1) is 10.8 Å². The van der Waals surface area contributed by atoms with E-state index < -0.39 is 0 Å². The van der Waals surface area contributed by atoms with Crippen molar-refractivity contribution in [3.63, 3.8) is 0 Å². The summed E-state index contributed by atoms with van der Waals surface area (Å²) in [6.07, 6.45) is 7.95. The fourth-order valence-corrected chi connectivity index (χ4v) is 13.3. The molecule has 0 aliphatic carbocycles. The average molecular weight is 1630 g/mol. The molecule has 6 aromatic carbocycles. The summed E-state index contributed by atoms with van der Waals surface area (Å²) in [6, 6.07) is 40.3. The molecule has 0 spiro atoms. The summed E-state index contributed by atoms with van der Waals surface area (Å²) in [5.41, 5.74) is 14.9. The number of likely N-dealkylation sites (N-methyl/N-ethyl adjacent to an activating group) is 2. The van der Waals surface area contributed by atoms with Gasteiger partial charge in [-0.3, -0.25) is 0 Å². The first-order valence-corrected chi connectivity index (χ1v) is 54.5. The number of aromatic amines is 1. The quantitative estimate of drug-likeness (QED) is 0.0635. The molecule has 0 saturated carbocycles. The first kappa shape index (κ1) is 94.7. The Balaban J connectivity index is 0.000000310. The maximum atomic E-state index is 10.3. The second-order valence-corrected chi connectivity index (χ2v) is 69.1. The van der Waals surface area contributed by atoms with Crippen molar-refractivity contribution in [2.45, 2.75) is 249 Å². The van der Waals surface area contributed by atoms with Gasteiger partial charge in [-0.2, -0.15) is 9.90 Å². The third-order valence-corrected chi connectivity index (χ3v) is 51.6. The van der Waals surface area contributed by atoms with Crippen LogP contribution in [0.25, 0.3) is 49.3 Å². The molecule has 4 N–H and O–H groups in total. The van der Waals surface area contributed by atoms with Crippen LogP contribution in [0.4, 0.5) is 0 Å². The molecule has 10 rings (SSSR count). The Morgan fingerprint density at radius 2 is 0.796 bits per heavy atom. The van der Waals surface area contributed by atoms with Crippen molar-refractivity contribution in [2.75, 3.05) is 40.4 Å². The molecule has 103 heavy (non-hydrogen) atoms. The third kappa shape index (κ3) is 30.1. The number of phenolic OH excluding ortho intramolecular Hbond substituents is 1. The van der Waals surface area contributed by atoms with Crippen LogP contribution in [0.1, 0.15) is 237 Å². The molecule has 0 bridgehead atoms. The van der Waals surface area contributed by atoms with Gasteiger partial charge in [0.05, 0.1) is 29.9 Å². The normalized spacial score (nSPS) is 15.7. The van der Waals surface area contributed by atoms with E-state index >= 15 is 0 Å². The molecule has 11 atom stereocenters. The summed E-state index contributed by atoms with van der Waals surface area (Å²) in [5, 5.41) is 21.6. The minimum absolute atomic E-state index is 0. The van der Waals surface area contributed by atoms with Gasteiger partial charge in [0.2, 0.25) is 0 Å². The van der Waals surface area contributed by atoms with E-state index in [1.165, 1.54) is 71.4 Å². The smallest absolute Gasteiger partial charge is 0.200 e. The van der Waals surface area contributed by atoms with E-state index in [0.29, 0.717) is 5.75 Å². The van der Waals surface area contributed by atoms with Crippen LogP contribution in [-0.2, 0) is 42.0 Å². The monoisotopic (exact) mass is 1630 g/mol. The SMILES string of the molecule is CC(C)(C)CC(C)(C)c1ccc(OC2CCCCO2)c(-n2c3ccc(C(C)(C)C)cc3c3cc(C(C)(C)C)ccc32)c1.CC(C)(C)CC(C)(C)c1ccc(OC2CCCCO2)c(O)c1.CC(C)(C)c1ccc2[nH]c3ccc(C(C)(C)C)cc3c2c1.CNCCNC.P.PP(P)P(P)P.PPP(P)P. The highest BCUT2D eigenvalue weighted by molar-refractivity contribution is 8.92. The molecule has 11 unspecified atom stereocenters. The maximum absolute atomic E-state index is 10.3. The third-order valence-electron chi connectivity index (χ3n) is 18.3. The Bertz CT molecular complexity index is 3760. The van der Waals surface area contributed by atoms with E-state index in [1.54, 1.807) is 0 Å². The number of benzene rings is 6. The first-order valence-electron chi connectivity index (χ1n) is 36.5. The fourth-order valence-electron chi connectivity index (χ4n) is 13.3. The lowest BCUT2D eigenvalue weighted by Gasteiger charge is -2.34. The number of rotatable bonds is 14. The number of nitrogens with one attached hydrogen (secondary N) is 3. The van der Waals surface area contributed by atoms with Crippen LogP contribution in [0.15, 0.2) is 109 Å². The summed E-state index contributed by atoms with van der Waals surface area (Å²) < 4.78 is 26.5. The topological polar surface area (TPSA) is 102 Å². The molecule has 8 aromatic rings. The summed E-state index contributed by atoms with van der Waals surface area (Å²) in [7, 11) is 24.3. The van der Waals surface area contributed by atoms with Crippen LogP contribution >= 0.6 is 101 Å². The predicted molar refractivity (Wildman–Crippen MR) is 498 cm³/mol. The molecule has 9 nitrogen and oxygen atoms in total. The van der Waals surface area contributed by atoms with Crippen LogP contribution in [0.5, 0.6) is 17.2 Å². The minimum atomic E-state index is -0.229. The Morgan fingerprint density at radius 3 is 1.11 bits per heavy atom. The van der Waals surface area contributed by atoms with E-state index in [4.69, 9.17) is 18.9 Å². The van der Waals surface area contributed by atoms with E-state index in [0.717, 1.165) is 103 Å². The summed E-state index contributed by atoms with van der Waals surface area (Å²) in [6.45, 7) is 54.5. The largest absolute Gasteiger partial charge is 0.504 e. The van der Waals surface area contributed by atoms with Gasteiger partial charge < -0.3 is 44.2 Å². The Labute approximate surface area is 650 Å². The van der Waals surface area contributed by atoms with E-state index in [2.05, 4.69) is 332 Å². The summed E-state index contributed by atoms with van der Waals surface area (Å²) >= 11 is 0. The molecule has 2 aliphatic heterocycles. The molecular weight excluding hydrogens is 1490 g/mol. The molecule has 2 saturated heterocycles. The molecule has 0 radical (unpaired) electrons. The molecule has 2 fully saturated rings. The number of hydrogen-bond acceptors (Lipinski definition) is 7. The number of H-pyrrole nitrogens is 1. The number of hydrogen-bond donors (Lipinski definition) is 4. The van der Waals surface area contributed by atoms with Crippen molar-refractivity contribution in [1.29, 1.82) is 0 Å². The van der Waals surface area contributed by atoms with Gasteiger partial charge in [-0.05, 0) is 223 Å². The Kier molecular flexibility index (Phi) is 37.9. The Morgan fingerprint density at radius 1 is 0.466 bits per heavy atom. The van der Waals surface area contributed by atoms with Crippen molar-refractivity contribution in [2.24, 2.45) is 10.8 Å².